The van der Waals surface area contributed by atoms with Crippen LogP contribution in [0.3, 0.4) is 0 Å². The molecule has 1 heterocycles. The maximum absolute atomic E-state index is 5.28. The monoisotopic (exact) mass is 272 g/mol. The molecule has 0 spiro atoms. The van der Waals surface area contributed by atoms with Crippen LogP contribution in [-0.4, -0.2) is 37.6 Å². The van der Waals surface area contributed by atoms with Crippen molar-refractivity contribution in [2.45, 2.75) is 12.8 Å². The molecule has 15 heavy (non-hydrogen) atoms. The highest BCUT2D eigenvalue weighted by Crippen LogP contribution is 2.21. The van der Waals surface area contributed by atoms with Crippen LogP contribution in [0.4, 0.5) is 0 Å². The highest BCUT2D eigenvalue weighted by atomic mass is 79.9. The van der Waals surface area contributed by atoms with E-state index in [1.807, 2.05) is 12.3 Å². The lowest BCUT2D eigenvalue weighted by atomic mass is 10.2. The summed E-state index contributed by atoms with van der Waals surface area (Å²) >= 11 is 3.38. The van der Waals surface area contributed by atoms with Crippen LogP contribution in [0, 0.1) is 0 Å². The van der Waals surface area contributed by atoms with Crippen molar-refractivity contribution in [2.24, 2.45) is 0 Å². The van der Waals surface area contributed by atoms with Crippen LogP contribution in [0.5, 0.6) is 5.75 Å². The Kier molecular flexibility index (Phi) is 5.05. The van der Waals surface area contributed by atoms with Crippen LogP contribution in [0.15, 0.2) is 16.7 Å². The summed E-state index contributed by atoms with van der Waals surface area (Å²) < 4.78 is 6.23. The van der Waals surface area contributed by atoms with Crippen molar-refractivity contribution in [1.82, 2.24) is 9.88 Å². The zero-order valence-corrected chi connectivity index (χ0v) is 11.0. The van der Waals surface area contributed by atoms with Gasteiger partial charge in [-0.2, -0.15) is 0 Å². The van der Waals surface area contributed by atoms with E-state index < -0.39 is 0 Å². The van der Waals surface area contributed by atoms with Crippen LogP contribution < -0.4 is 4.74 Å². The van der Waals surface area contributed by atoms with Gasteiger partial charge in [-0.25, -0.2) is 0 Å². The zero-order chi connectivity index (χ0) is 11.3. The van der Waals surface area contributed by atoms with Crippen LogP contribution in [0.2, 0.25) is 0 Å². The molecule has 1 aromatic heterocycles. The Labute approximate surface area is 99.6 Å². The predicted octanol–water partition coefficient (Wildman–Crippen LogP) is 2.35. The molecule has 0 aromatic carbocycles. The van der Waals surface area contributed by atoms with Crippen molar-refractivity contribution in [3.05, 3.63) is 22.4 Å². The van der Waals surface area contributed by atoms with Crippen LogP contribution in [-0.2, 0) is 6.42 Å². The first kappa shape index (κ1) is 12.5. The zero-order valence-electron chi connectivity index (χ0n) is 9.46. The van der Waals surface area contributed by atoms with Gasteiger partial charge in [-0.05, 0) is 55.5 Å². The smallest absolute Gasteiger partial charge is 0.141 e. The minimum Gasteiger partial charge on any atom is -0.495 e. The van der Waals surface area contributed by atoms with Crippen molar-refractivity contribution in [3.8, 4) is 5.75 Å². The van der Waals surface area contributed by atoms with Gasteiger partial charge in [0.2, 0.25) is 0 Å². The molecule has 3 nitrogen and oxygen atoms in total. The molecule has 0 atom stereocenters. The van der Waals surface area contributed by atoms with Gasteiger partial charge in [0.05, 0.1) is 12.8 Å². The molecule has 0 N–H and O–H groups in total. The number of aromatic nitrogens is 1. The Bertz CT molecular complexity index is 315. The molecular weight excluding hydrogens is 256 g/mol. The summed E-state index contributed by atoms with van der Waals surface area (Å²) in [6.07, 6.45) is 3.86. The SMILES string of the molecule is COc1cc(Br)cnc1CCCN(C)C. The molecule has 0 saturated heterocycles. The van der Waals surface area contributed by atoms with Crippen LogP contribution in [0.1, 0.15) is 12.1 Å². The van der Waals surface area contributed by atoms with E-state index in [0.717, 1.165) is 35.3 Å². The number of hydrogen-bond donors (Lipinski definition) is 0. The number of methoxy groups -OCH3 is 1. The van der Waals surface area contributed by atoms with E-state index in [4.69, 9.17) is 4.74 Å². The van der Waals surface area contributed by atoms with Crippen molar-refractivity contribution in [3.63, 3.8) is 0 Å². The first-order valence-corrected chi connectivity index (χ1v) is 5.76. The van der Waals surface area contributed by atoms with Gasteiger partial charge in [-0.3, -0.25) is 4.98 Å². The normalized spacial score (nSPS) is 10.7. The molecule has 0 aliphatic carbocycles. The van der Waals surface area contributed by atoms with Crippen molar-refractivity contribution in [1.29, 1.82) is 0 Å². The quantitative estimate of drug-likeness (QED) is 0.823. The van der Waals surface area contributed by atoms with Gasteiger partial charge in [0.15, 0.2) is 0 Å². The topological polar surface area (TPSA) is 25.4 Å². The molecule has 4 heteroatoms. The number of hydrogen-bond acceptors (Lipinski definition) is 3. The average molecular weight is 273 g/mol. The molecule has 0 saturated carbocycles. The minimum absolute atomic E-state index is 0.864. The summed E-state index contributed by atoms with van der Waals surface area (Å²) in [4.78, 5) is 6.53. The minimum atomic E-state index is 0.864. The Balaban J connectivity index is 2.60. The van der Waals surface area contributed by atoms with Crippen molar-refractivity contribution < 1.29 is 4.74 Å². The third-order valence-electron chi connectivity index (χ3n) is 2.14. The number of nitrogens with zero attached hydrogens (tertiary/aromatic N) is 2. The lowest BCUT2D eigenvalue weighted by molar-refractivity contribution is 0.388. The fourth-order valence-electron chi connectivity index (χ4n) is 1.38. The van der Waals surface area contributed by atoms with Crippen LogP contribution >= 0.6 is 15.9 Å². The van der Waals surface area contributed by atoms with E-state index in [2.05, 4.69) is 39.9 Å². The van der Waals surface area contributed by atoms with Gasteiger partial charge in [0, 0.05) is 10.7 Å². The van der Waals surface area contributed by atoms with Crippen LogP contribution in [0.25, 0.3) is 0 Å². The Morgan fingerprint density at radius 1 is 1.47 bits per heavy atom. The summed E-state index contributed by atoms with van der Waals surface area (Å²) in [5, 5.41) is 0. The summed E-state index contributed by atoms with van der Waals surface area (Å²) in [6, 6.07) is 1.96. The molecule has 0 bridgehead atoms. The van der Waals surface area contributed by atoms with E-state index in [0.29, 0.717) is 0 Å². The molecular formula is C11H17BrN2O. The Morgan fingerprint density at radius 2 is 2.20 bits per heavy atom. The number of aryl methyl sites for hydroxylation is 1. The maximum Gasteiger partial charge on any atom is 0.141 e. The largest absolute Gasteiger partial charge is 0.495 e. The molecule has 0 amide bonds. The van der Waals surface area contributed by atoms with Gasteiger partial charge in [0.25, 0.3) is 0 Å². The summed E-state index contributed by atoms with van der Waals surface area (Å²) in [5.41, 5.74) is 1.03. The third-order valence-corrected chi connectivity index (χ3v) is 2.57. The predicted molar refractivity (Wildman–Crippen MR) is 65.4 cm³/mol. The first-order chi connectivity index (χ1) is 7.13. The highest BCUT2D eigenvalue weighted by Gasteiger charge is 2.05. The molecule has 0 aliphatic rings. The maximum atomic E-state index is 5.28. The van der Waals surface area contributed by atoms with Crippen molar-refractivity contribution in [2.75, 3.05) is 27.7 Å². The van der Waals surface area contributed by atoms with E-state index in [-0.39, 0.29) is 0 Å². The molecule has 1 rings (SSSR count). The number of rotatable bonds is 5. The second-order valence-electron chi connectivity index (χ2n) is 3.71. The van der Waals surface area contributed by atoms with Crippen molar-refractivity contribution >= 4 is 15.9 Å². The second-order valence-corrected chi connectivity index (χ2v) is 4.62. The fraction of sp³-hybridized carbons (Fsp3) is 0.545. The molecule has 0 fully saturated rings. The number of ether oxygens (including phenoxy) is 1. The van der Waals surface area contributed by atoms with E-state index in [1.165, 1.54) is 0 Å². The Hall–Kier alpha value is -0.610. The van der Waals surface area contributed by atoms with Gasteiger partial charge in [-0.1, -0.05) is 0 Å². The van der Waals surface area contributed by atoms with Gasteiger partial charge in [0.1, 0.15) is 5.75 Å². The average Bonchev–Trinajstić information content (AvgIpc) is 2.19. The fourth-order valence-corrected chi connectivity index (χ4v) is 1.69. The number of pyridine rings is 1. The summed E-state index contributed by atoms with van der Waals surface area (Å²) in [5.74, 6) is 0.864. The first-order valence-electron chi connectivity index (χ1n) is 4.96. The molecule has 0 unspecified atom stereocenters. The summed E-state index contributed by atoms with van der Waals surface area (Å²) in [6.45, 7) is 1.07. The standard InChI is InChI=1S/C11H17BrN2O/c1-14(2)6-4-5-10-11(15-3)7-9(12)8-13-10/h7-8H,4-6H2,1-3H3. The number of halogens is 1. The van der Waals surface area contributed by atoms with Gasteiger partial charge >= 0.3 is 0 Å². The molecule has 1 aromatic rings. The Morgan fingerprint density at radius 3 is 2.80 bits per heavy atom. The second kappa shape index (κ2) is 6.08. The van der Waals surface area contributed by atoms with E-state index >= 15 is 0 Å². The summed E-state index contributed by atoms with van der Waals surface area (Å²) in [7, 11) is 5.83. The molecule has 0 radical (unpaired) electrons. The highest BCUT2D eigenvalue weighted by molar-refractivity contribution is 9.10. The lowest BCUT2D eigenvalue weighted by Crippen LogP contribution is -2.13. The van der Waals surface area contributed by atoms with E-state index in [1.54, 1.807) is 7.11 Å². The molecule has 84 valence electrons. The van der Waals surface area contributed by atoms with Gasteiger partial charge in [-0.15, -0.1) is 0 Å². The van der Waals surface area contributed by atoms with E-state index in [9.17, 15) is 0 Å². The third kappa shape index (κ3) is 4.18. The lowest BCUT2D eigenvalue weighted by Gasteiger charge is -2.10. The van der Waals surface area contributed by atoms with Gasteiger partial charge < -0.3 is 9.64 Å². The molecule has 0 aliphatic heterocycles.